The molecule has 1 atom stereocenters. The van der Waals surface area contributed by atoms with Crippen molar-refractivity contribution in [2.45, 2.75) is 12.5 Å². The normalized spacial score (nSPS) is 20.2. The quantitative estimate of drug-likeness (QED) is 0.561. The van der Waals surface area contributed by atoms with Crippen molar-refractivity contribution in [1.82, 2.24) is 15.1 Å². The molecule has 0 radical (unpaired) electrons. The molecule has 5 amide bonds. The summed E-state index contributed by atoms with van der Waals surface area (Å²) in [4.78, 5) is 52.9. The summed E-state index contributed by atoms with van der Waals surface area (Å²) in [6.45, 7) is 1.39. The van der Waals surface area contributed by atoms with Gasteiger partial charge in [-0.15, -0.1) is 0 Å². The summed E-state index contributed by atoms with van der Waals surface area (Å²) in [6, 6.07) is 10.9. The van der Waals surface area contributed by atoms with E-state index in [1.807, 2.05) is 0 Å². The maximum Gasteiger partial charge on any atom is 0.325 e. The molecule has 0 aromatic heterocycles. The Labute approximate surface area is 178 Å². The molecule has 2 aromatic rings. The highest BCUT2D eigenvalue weighted by atomic mass is 16.5. The average molecular weight is 423 g/mol. The van der Waals surface area contributed by atoms with Crippen LogP contribution in [0, 0.1) is 0 Å². The Bertz CT molecular complexity index is 1080. The summed E-state index contributed by atoms with van der Waals surface area (Å²) in [6.07, 6.45) is 0. The van der Waals surface area contributed by atoms with Gasteiger partial charge in [0.25, 0.3) is 17.7 Å². The van der Waals surface area contributed by atoms with Crippen molar-refractivity contribution in [3.63, 3.8) is 0 Å². The van der Waals surface area contributed by atoms with Crippen LogP contribution in [0.3, 0.4) is 0 Å². The number of carbonyl (C=O) groups excluding carboxylic acids is 4. The topological polar surface area (TPSA) is 105 Å². The molecular formula is C22H21N3O6. The number of hydrogen-bond donors (Lipinski definition) is 1. The molecule has 9 heteroatoms. The van der Waals surface area contributed by atoms with Crippen LogP contribution in [0.5, 0.6) is 11.5 Å². The minimum atomic E-state index is -1.32. The summed E-state index contributed by atoms with van der Waals surface area (Å²) < 4.78 is 10.5. The largest absolute Gasteiger partial charge is 0.493 e. The number of amides is 5. The first-order chi connectivity index (χ1) is 14.8. The third-order valence-electron chi connectivity index (χ3n) is 5.66. The van der Waals surface area contributed by atoms with Crippen LogP contribution in [0.25, 0.3) is 0 Å². The lowest BCUT2D eigenvalue weighted by Gasteiger charge is -2.24. The smallest absolute Gasteiger partial charge is 0.325 e. The Morgan fingerprint density at radius 2 is 1.42 bits per heavy atom. The van der Waals surface area contributed by atoms with E-state index in [0.717, 1.165) is 9.80 Å². The molecule has 31 heavy (non-hydrogen) atoms. The SMILES string of the molecule is COc1ccc([C@@]2(C)NC(=O)N(CCN3C(=O)c4ccccc4C3=O)C2=O)cc1OC. The first-order valence-corrected chi connectivity index (χ1v) is 9.63. The van der Waals surface area contributed by atoms with Crippen molar-refractivity contribution in [2.24, 2.45) is 0 Å². The fraction of sp³-hybridized carbons (Fsp3) is 0.273. The van der Waals surface area contributed by atoms with Gasteiger partial charge in [0.15, 0.2) is 11.5 Å². The number of rotatable bonds is 6. The van der Waals surface area contributed by atoms with E-state index in [0.29, 0.717) is 28.2 Å². The zero-order chi connectivity index (χ0) is 22.3. The number of ether oxygens (including phenoxy) is 2. The number of nitrogens with one attached hydrogen (secondary N) is 1. The fourth-order valence-electron chi connectivity index (χ4n) is 3.89. The number of nitrogens with zero attached hydrogens (tertiary/aromatic N) is 2. The molecule has 4 rings (SSSR count). The molecule has 2 aliphatic heterocycles. The highest BCUT2D eigenvalue weighted by Gasteiger charge is 2.49. The molecule has 1 N–H and O–H groups in total. The van der Waals surface area contributed by atoms with E-state index >= 15 is 0 Å². The van der Waals surface area contributed by atoms with E-state index in [-0.39, 0.29) is 13.1 Å². The van der Waals surface area contributed by atoms with Crippen molar-refractivity contribution in [1.29, 1.82) is 0 Å². The summed E-state index contributed by atoms with van der Waals surface area (Å²) >= 11 is 0. The van der Waals surface area contributed by atoms with E-state index in [1.165, 1.54) is 14.2 Å². The van der Waals surface area contributed by atoms with Gasteiger partial charge in [0.05, 0.1) is 25.3 Å². The number of imide groups is 2. The van der Waals surface area contributed by atoms with Crippen molar-refractivity contribution < 1.29 is 28.7 Å². The maximum atomic E-state index is 13.2. The summed E-state index contributed by atoms with van der Waals surface area (Å²) in [5.41, 5.74) is -0.162. The Balaban J connectivity index is 1.53. The van der Waals surface area contributed by atoms with Gasteiger partial charge in [0.2, 0.25) is 0 Å². The van der Waals surface area contributed by atoms with Crippen LogP contribution < -0.4 is 14.8 Å². The summed E-state index contributed by atoms with van der Waals surface area (Å²) in [7, 11) is 2.98. The second kappa shape index (κ2) is 7.42. The van der Waals surface area contributed by atoms with Gasteiger partial charge in [-0.1, -0.05) is 18.2 Å². The lowest BCUT2D eigenvalue weighted by molar-refractivity contribution is -0.131. The van der Waals surface area contributed by atoms with Crippen molar-refractivity contribution in [2.75, 3.05) is 27.3 Å². The van der Waals surface area contributed by atoms with Crippen LogP contribution in [0.15, 0.2) is 42.5 Å². The van der Waals surface area contributed by atoms with Gasteiger partial charge in [-0.2, -0.15) is 0 Å². The van der Waals surface area contributed by atoms with E-state index in [1.54, 1.807) is 49.4 Å². The maximum absolute atomic E-state index is 13.2. The molecule has 0 aliphatic carbocycles. The summed E-state index contributed by atoms with van der Waals surface area (Å²) in [5.74, 6) is -0.436. The number of benzene rings is 2. The van der Waals surface area contributed by atoms with Crippen LogP contribution in [0.2, 0.25) is 0 Å². The Morgan fingerprint density at radius 1 is 0.839 bits per heavy atom. The van der Waals surface area contributed by atoms with E-state index in [9.17, 15) is 19.2 Å². The third-order valence-corrected chi connectivity index (χ3v) is 5.66. The van der Waals surface area contributed by atoms with Crippen LogP contribution in [-0.2, 0) is 10.3 Å². The minimum absolute atomic E-state index is 0.0898. The van der Waals surface area contributed by atoms with Crippen LogP contribution >= 0.6 is 0 Å². The molecule has 0 saturated carbocycles. The molecule has 0 unspecified atom stereocenters. The van der Waals surface area contributed by atoms with E-state index in [4.69, 9.17) is 9.47 Å². The van der Waals surface area contributed by atoms with Gasteiger partial charge in [-0.25, -0.2) is 4.79 Å². The zero-order valence-corrected chi connectivity index (χ0v) is 17.3. The molecule has 1 fully saturated rings. The lowest BCUT2D eigenvalue weighted by Crippen LogP contribution is -2.43. The molecule has 2 aromatic carbocycles. The number of methoxy groups -OCH3 is 2. The third kappa shape index (κ3) is 3.09. The first-order valence-electron chi connectivity index (χ1n) is 9.63. The molecule has 1 saturated heterocycles. The highest BCUT2D eigenvalue weighted by Crippen LogP contribution is 2.35. The molecule has 2 heterocycles. The second-order valence-electron chi connectivity index (χ2n) is 7.39. The molecule has 160 valence electrons. The van der Waals surface area contributed by atoms with Gasteiger partial charge in [-0.3, -0.25) is 24.2 Å². The Kier molecular flexibility index (Phi) is 4.88. The average Bonchev–Trinajstić information content (AvgIpc) is 3.16. The van der Waals surface area contributed by atoms with Crippen LogP contribution in [-0.4, -0.2) is 60.9 Å². The first kappa shape index (κ1) is 20.4. The van der Waals surface area contributed by atoms with Crippen molar-refractivity contribution in [3.05, 3.63) is 59.2 Å². The Morgan fingerprint density at radius 3 is 2.00 bits per heavy atom. The van der Waals surface area contributed by atoms with Crippen molar-refractivity contribution in [3.8, 4) is 11.5 Å². The van der Waals surface area contributed by atoms with Crippen LogP contribution in [0.4, 0.5) is 4.79 Å². The molecule has 0 spiro atoms. The summed E-state index contributed by atoms with van der Waals surface area (Å²) in [5, 5.41) is 2.70. The van der Waals surface area contributed by atoms with E-state index in [2.05, 4.69) is 5.32 Å². The van der Waals surface area contributed by atoms with Gasteiger partial charge < -0.3 is 14.8 Å². The number of urea groups is 1. The van der Waals surface area contributed by atoms with Gasteiger partial charge in [0.1, 0.15) is 5.54 Å². The Hall–Kier alpha value is -3.88. The predicted octanol–water partition coefficient (Wildman–Crippen LogP) is 1.77. The lowest BCUT2D eigenvalue weighted by atomic mass is 9.91. The molecule has 0 bridgehead atoms. The van der Waals surface area contributed by atoms with Gasteiger partial charge in [0, 0.05) is 13.1 Å². The second-order valence-corrected chi connectivity index (χ2v) is 7.39. The minimum Gasteiger partial charge on any atom is -0.493 e. The molecule has 9 nitrogen and oxygen atoms in total. The number of carbonyl (C=O) groups is 4. The highest BCUT2D eigenvalue weighted by molar-refractivity contribution is 6.21. The standard InChI is InChI=1S/C22H21N3O6/c1-22(13-8-9-16(30-2)17(12-13)31-3)20(28)25(21(29)23-22)11-10-24-18(26)14-6-4-5-7-15(14)19(24)27/h4-9,12H,10-11H2,1-3H3,(H,23,29)/t22-/m1/s1. The fourth-order valence-corrected chi connectivity index (χ4v) is 3.89. The predicted molar refractivity (Wildman–Crippen MR) is 109 cm³/mol. The monoisotopic (exact) mass is 423 g/mol. The van der Waals surface area contributed by atoms with Gasteiger partial charge >= 0.3 is 6.03 Å². The molecule has 2 aliphatic rings. The van der Waals surface area contributed by atoms with Crippen LogP contribution in [0.1, 0.15) is 33.2 Å². The number of fused-ring (bicyclic) bond motifs is 1. The van der Waals surface area contributed by atoms with Crippen molar-refractivity contribution >= 4 is 23.8 Å². The molecular weight excluding hydrogens is 402 g/mol. The van der Waals surface area contributed by atoms with E-state index < -0.39 is 29.3 Å². The van der Waals surface area contributed by atoms with Gasteiger partial charge in [-0.05, 0) is 36.8 Å². The number of hydrogen-bond acceptors (Lipinski definition) is 6. The zero-order valence-electron chi connectivity index (χ0n) is 17.3.